The van der Waals surface area contributed by atoms with E-state index < -0.39 is 0 Å². The molecule has 154 valence electrons. The van der Waals surface area contributed by atoms with Gasteiger partial charge in [0.2, 0.25) is 11.8 Å². The van der Waals surface area contributed by atoms with Crippen LogP contribution in [0.2, 0.25) is 0 Å². The minimum Gasteiger partial charge on any atom is -0.494 e. The van der Waals surface area contributed by atoms with Crippen LogP contribution in [0.25, 0.3) is 11.5 Å². The molecule has 2 N–H and O–H groups in total. The van der Waals surface area contributed by atoms with Crippen LogP contribution in [-0.4, -0.2) is 21.7 Å². The molecule has 0 spiro atoms. The molecule has 0 amide bonds. The van der Waals surface area contributed by atoms with Crippen LogP contribution >= 0.6 is 27.3 Å². The number of alkyl halides is 1. The van der Waals surface area contributed by atoms with E-state index in [4.69, 9.17) is 9.15 Å². The molecule has 0 unspecified atom stereocenters. The van der Waals surface area contributed by atoms with Gasteiger partial charge in [0, 0.05) is 18.4 Å². The maximum atomic E-state index is 11.3. The Morgan fingerprint density at radius 3 is 2.57 bits per heavy atom. The molecule has 0 aliphatic heterocycles. The first-order chi connectivity index (χ1) is 14.6. The highest BCUT2D eigenvalue weighted by Crippen LogP contribution is 2.25. The average Bonchev–Trinajstić information content (AvgIpc) is 3.32. The Bertz CT molecular complexity index is 1170. The van der Waals surface area contributed by atoms with Crippen LogP contribution in [0.1, 0.15) is 21.9 Å². The molecule has 2 aromatic heterocycles. The predicted molar refractivity (Wildman–Crippen MR) is 120 cm³/mol. The van der Waals surface area contributed by atoms with E-state index in [1.54, 1.807) is 0 Å². The molecule has 4 rings (SSSR count). The van der Waals surface area contributed by atoms with Crippen molar-refractivity contribution in [3.8, 4) is 23.1 Å². The largest absolute Gasteiger partial charge is 0.494 e. The van der Waals surface area contributed by atoms with Gasteiger partial charge in [0.1, 0.15) is 11.5 Å². The predicted octanol–water partition coefficient (Wildman–Crippen LogP) is 4.90. The van der Waals surface area contributed by atoms with Crippen molar-refractivity contribution in [2.75, 3.05) is 6.61 Å². The lowest BCUT2D eigenvalue weighted by molar-refractivity contribution is 0.320. The highest BCUT2D eigenvalue weighted by molar-refractivity contribution is 9.08. The van der Waals surface area contributed by atoms with Crippen LogP contribution in [-0.2, 0) is 18.2 Å². The van der Waals surface area contributed by atoms with Crippen LogP contribution in [0.5, 0.6) is 11.6 Å². The maximum absolute atomic E-state index is 11.3. The van der Waals surface area contributed by atoms with Gasteiger partial charge in [0.25, 0.3) is 0 Å². The summed E-state index contributed by atoms with van der Waals surface area (Å²) in [7, 11) is 0. The summed E-state index contributed by atoms with van der Waals surface area (Å²) in [5.74, 6) is 2.10. The van der Waals surface area contributed by atoms with E-state index in [1.165, 1.54) is 0 Å². The number of hydrogen-bond donors (Lipinski definition) is 2. The second kappa shape index (κ2) is 9.32. The number of halogens is 1. The number of aromatic amines is 1. The van der Waals surface area contributed by atoms with Gasteiger partial charge >= 0.3 is 4.87 Å². The summed E-state index contributed by atoms with van der Waals surface area (Å²) < 4.78 is 11.7. The Hall–Kier alpha value is -2.84. The number of nitrogens with zero attached hydrogens (tertiary/aromatic N) is 1. The zero-order valence-corrected chi connectivity index (χ0v) is 18.3. The van der Waals surface area contributed by atoms with Crippen LogP contribution in [0.4, 0.5) is 0 Å². The van der Waals surface area contributed by atoms with Crippen LogP contribution in [0.15, 0.2) is 63.8 Å². The van der Waals surface area contributed by atoms with E-state index in [2.05, 4.69) is 25.9 Å². The Balaban J connectivity index is 1.36. The van der Waals surface area contributed by atoms with Crippen molar-refractivity contribution in [1.82, 2.24) is 9.97 Å². The van der Waals surface area contributed by atoms with Gasteiger partial charge in [-0.3, -0.25) is 9.78 Å². The summed E-state index contributed by atoms with van der Waals surface area (Å²) in [5, 5.41) is 10.3. The average molecular weight is 487 g/mol. The minimum atomic E-state index is -0.256. The molecule has 8 heteroatoms. The quantitative estimate of drug-likeness (QED) is 0.345. The zero-order valence-electron chi connectivity index (χ0n) is 15.9. The van der Waals surface area contributed by atoms with Gasteiger partial charge in [-0.1, -0.05) is 57.6 Å². The summed E-state index contributed by atoms with van der Waals surface area (Å²) in [4.78, 5) is 18.7. The summed E-state index contributed by atoms with van der Waals surface area (Å²) >= 11 is 4.48. The van der Waals surface area contributed by atoms with Gasteiger partial charge in [0.15, 0.2) is 0 Å². The van der Waals surface area contributed by atoms with Crippen LogP contribution in [0, 0.1) is 0 Å². The van der Waals surface area contributed by atoms with E-state index in [-0.39, 0.29) is 10.8 Å². The molecular weight excluding hydrogens is 468 g/mol. The normalized spacial score (nSPS) is 11.0. The number of thiazole rings is 1. The zero-order chi connectivity index (χ0) is 20.9. The lowest BCUT2D eigenvalue weighted by Gasteiger charge is -2.06. The van der Waals surface area contributed by atoms with Gasteiger partial charge in [-0.2, -0.15) is 0 Å². The minimum absolute atomic E-state index is 0.0598. The molecule has 0 aliphatic rings. The Morgan fingerprint density at radius 1 is 1.13 bits per heavy atom. The van der Waals surface area contributed by atoms with Gasteiger partial charge in [-0.25, -0.2) is 4.98 Å². The van der Waals surface area contributed by atoms with Gasteiger partial charge in [-0.15, -0.1) is 0 Å². The van der Waals surface area contributed by atoms with E-state index in [9.17, 15) is 9.90 Å². The number of nitrogens with one attached hydrogen (secondary N) is 1. The molecule has 0 atom stereocenters. The molecule has 0 bridgehead atoms. The van der Waals surface area contributed by atoms with E-state index >= 15 is 0 Å². The Labute approximate surface area is 185 Å². The number of oxazole rings is 1. The topological polar surface area (TPSA) is 88.4 Å². The third-order valence-corrected chi connectivity index (χ3v) is 5.90. The molecule has 4 aromatic rings. The number of ether oxygens (including phenoxy) is 1. The Morgan fingerprint density at radius 2 is 1.90 bits per heavy atom. The molecule has 0 saturated carbocycles. The van der Waals surface area contributed by atoms with Crippen molar-refractivity contribution in [3.63, 3.8) is 0 Å². The number of rotatable bonds is 8. The van der Waals surface area contributed by atoms with Gasteiger partial charge in [-0.05, 0) is 29.8 Å². The summed E-state index contributed by atoms with van der Waals surface area (Å²) in [5.41, 5.74) is 2.81. The van der Waals surface area contributed by atoms with Crippen molar-refractivity contribution in [2.24, 2.45) is 0 Å². The van der Waals surface area contributed by atoms with Gasteiger partial charge < -0.3 is 14.3 Å². The fourth-order valence-electron chi connectivity index (χ4n) is 3.01. The van der Waals surface area contributed by atoms with Crippen molar-refractivity contribution in [2.45, 2.75) is 18.2 Å². The Kier molecular flexibility index (Phi) is 6.35. The summed E-state index contributed by atoms with van der Waals surface area (Å²) in [6, 6.07) is 17.4. The standard InChI is InChI=1S/C22H19BrN2O4S/c23-13-18-17(24-21(29-18)15-4-2-1-3-5-15)10-11-28-16-8-6-14(7-9-16)12-19-20(26)25-22(27)30-19/h1-9,26H,10-13H2,(H,25,27). The van der Waals surface area contributed by atoms with Crippen molar-refractivity contribution in [1.29, 1.82) is 0 Å². The molecule has 0 fully saturated rings. The number of benzene rings is 2. The third kappa shape index (κ3) is 4.83. The first-order valence-corrected chi connectivity index (χ1v) is 11.3. The lowest BCUT2D eigenvalue weighted by Crippen LogP contribution is -2.03. The van der Waals surface area contributed by atoms with E-state index in [0.717, 1.165) is 39.7 Å². The molecular formula is C22H19BrN2O4S. The smallest absolute Gasteiger partial charge is 0.307 e. The second-order valence-electron chi connectivity index (χ2n) is 6.59. The first-order valence-electron chi connectivity index (χ1n) is 9.35. The molecule has 6 nitrogen and oxygen atoms in total. The summed E-state index contributed by atoms with van der Waals surface area (Å²) in [6.07, 6.45) is 1.12. The first kappa shape index (κ1) is 20.4. The van der Waals surface area contributed by atoms with E-state index in [0.29, 0.717) is 35.5 Å². The fourth-order valence-corrected chi connectivity index (χ4v) is 4.21. The molecule has 0 saturated heterocycles. The number of aromatic hydroxyl groups is 1. The van der Waals surface area contributed by atoms with Crippen LogP contribution < -0.4 is 9.61 Å². The fraction of sp³-hybridized carbons (Fsp3) is 0.182. The molecule has 2 heterocycles. The van der Waals surface area contributed by atoms with Gasteiger partial charge in [0.05, 0.1) is 22.5 Å². The highest BCUT2D eigenvalue weighted by atomic mass is 79.9. The molecule has 30 heavy (non-hydrogen) atoms. The monoisotopic (exact) mass is 486 g/mol. The number of H-pyrrole nitrogens is 1. The third-order valence-electron chi connectivity index (χ3n) is 4.52. The molecule has 0 radical (unpaired) electrons. The van der Waals surface area contributed by atoms with Crippen molar-refractivity contribution in [3.05, 3.63) is 86.2 Å². The molecule has 0 aliphatic carbocycles. The van der Waals surface area contributed by atoms with Crippen molar-refractivity contribution < 1.29 is 14.3 Å². The maximum Gasteiger partial charge on any atom is 0.307 e. The van der Waals surface area contributed by atoms with Crippen molar-refractivity contribution >= 4 is 27.3 Å². The van der Waals surface area contributed by atoms with Crippen LogP contribution in [0.3, 0.4) is 0 Å². The van der Waals surface area contributed by atoms with E-state index in [1.807, 2.05) is 54.6 Å². The molecule has 2 aromatic carbocycles. The SMILES string of the molecule is O=c1[nH]c(O)c(Cc2ccc(OCCc3nc(-c4ccccc4)oc3CBr)cc2)s1. The second-order valence-corrected chi connectivity index (χ2v) is 8.22. The highest BCUT2D eigenvalue weighted by Gasteiger charge is 2.14. The lowest BCUT2D eigenvalue weighted by atomic mass is 10.1. The number of aromatic nitrogens is 2. The summed E-state index contributed by atoms with van der Waals surface area (Å²) in [6.45, 7) is 0.473. The number of hydrogen-bond acceptors (Lipinski definition) is 6.